The highest BCUT2D eigenvalue weighted by Crippen LogP contribution is 2.14. The zero-order valence-electron chi connectivity index (χ0n) is 16.0. The Morgan fingerprint density at radius 2 is 2.12 bits per heavy atom. The van der Waals surface area contributed by atoms with Gasteiger partial charge in [-0.25, -0.2) is 4.99 Å². The Kier molecular flexibility index (Phi) is 9.90. The highest BCUT2D eigenvalue weighted by atomic mass is 16.5. The Morgan fingerprint density at radius 1 is 1.31 bits per heavy atom. The van der Waals surface area contributed by atoms with E-state index in [1.54, 1.807) is 6.26 Å². The zero-order chi connectivity index (χ0) is 18.5. The summed E-state index contributed by atoms with van der Waals surface area (Å²) >= 11 is 0. The third kappa shape index (κ3) is 9.06. The SMILES string of the molecule is C=C(C)CN=C(NCCCOCC1CCOCC1)NCCc1ccco1. The first kappa shape index (κ1) is 20.5. The van der Waals surface area contributed by atoms with Crippen LogP contribution in [-0.2, 0) is 15.9 Å². The molecule has 0 radical (unpaired) electrons. The Bertz CT molecular complexity index is 522. The molecule has 1 aromatic heterocycles. The third-order valence-corrected chi connectivity index (χ3v) is 4.20. The van der Waals surface area contributed by atoms with Crippen LogP contribution in [0, 0.1) is 5.92 Å². The molecule has 0 aromatic carbocycles. The lowest BCUT2D eigenvalue weighted by molar-refractivity contribution is 0.0203. The maximum Gasteiger partial charge on any atom is 0.191 e. The summed E-state index contributed by atoms with van der Waals surface area (Å²) in [6.07, 6.45) is 5.72. The second-order valence-electron chi connectivity index (χ2n) is 6.79. The van der Waals surface area contributed by atoms with Gasteiger partial charge < -0.3 is 24.5 Å². The van der Waals surface area contributed by atoms with Gasteiger partial charge in [-0.3, -0.25) is 0 Å². The van der Waals surface area contributed by atoms with E-state index in [1.807, 2.05) is 19.1 Å². The number of nitrogens with one attached hydrogen (secondary N) is 2. The topological polar surface area (TPSA) is 68.0 Å². The lowest BCUT2D eigenvalue weighted by Gasteiger charge is -2.21. The predicted octanol–water partition coefficient (Wildman–Crippen LogP) is 2.77. The second-order valence-corrected chi connectivity index (χ2v) is 6.79. The van der Waals surface area contributed by atoms with Gasteiger partial charge >= 0.3 is 0 Å². The van der Waals surface area contributed by atoms with Crippen molar-refractivity contribution in [2.75, 3.05) is 46.1 Å². The van der Waals surface area contributed by atoms with Crippen LogP contribution in [0.25, 0.3) is 0 Å². The van der Waals surface area contributed by atoms with E-state index in [-0.39, 0.29) is 0 Å². The Balaban J connectivity index is 1.58. The average Bonchev–Trinajstić information content (AvgIpc) is 3.16. The van der Waals surface area contributed by atoms with Crippen molar-refractivity contribution in [2.45, 2.75) is 32.6 Å². The van der Waals surface area contributed by atoms with Crippen molar-refractivity contribution < 1.29 is 13.9 Å². The monoisotopic (exact) mass is 363 g/mol. The van der Waals surface area contributed by atoms with Crippen LogP contribution < -0.4 is 10.6 Å². The van der Waals surface area contributed by atoms with Crippen molar-refractivity contribution >= 4 is 5.96 Å². The van der Waals surface area contributed by atoms with E-state index in [0.29, 0.717) is 12.5 Å². The summed E-state index contributed by atoms with van der Waals surface area (Å²) in [7, 11) is 0. The van der Waals surface area contributed by atoms with Crippen molar-refractivity contribution in [1.82, 2.24) is 10.6 Å². The van der Waals surface area contributed by atoms with Gasteiger partial charge in [0.05, 0.1) is 12.8 Å². The Labute approximate surface area is 157 Å². The molecule has 0 aliphatic carbocycles. The van der Waals surface area contributed by atoms with E-state index >= 15 is 0 Å². The van der Waals surface area contributed by atoms with Gasteiger partial charge in [0.2, 0.25) is 0 Å². The van der Waals surface area contributed by atoms with Gasteiger partial charge in [-0.15, -0.1) is 0 Å². The van der Waals surface area contributed by atoms with Gasteiger partial charge in [0.25, 0.3) is 0 Å². The van der Waals surface area contributed by atoms with Gasteiger partial charge in [0, 0.05) is 45.9 Å². The molecule has 0 amide bonds. The third-order valence-electron chi connectivity index (χ3n) is 4.20. The normalized spacial score (nSPS) is 15.8. The molecule has 2 heterocycles. The van der Waals surface area contributed by atoms with E-state index in [2.05, 4.69) is 22.2 Å². The minimum absolute atomic E-state index is 0.621. The summed E-state index contributed by atoms with van der Waals surface area (Å²) in [5.41, 5.74) is 1.04. The number of ether oxygens (including phenoxy) is 2. The smallest absolute Gasteiger partial charge is 0.191 e. The van der Waals surface area contributed by atoms with Crippen LogP contribution in [0.4, 0.5) is 0 Å². The van der Waals surface area contributed by atoms with Crippen molar-refractivity contribution in [3.63, 3.8) is 0 Å². The second kappa shape index (κ2) is 12.5. The van der Waals surface area contributed by atoms with Crippen LogP contribution in [0.5, 0.6) is 0 Å². The molecule has 1 aromatic rings. The number of hydrogen-bond acceptors (Lipinski definition) is 4. The van der Waals surface area contributed by atoms with E-state index in [0.717, 1.165) is 82.5 Å². The fourth-order valence-corrected chi connectivity index (χ4v) is 2.69. The fourth-order valence-electron chi connectivity index (χ4n) is 2.69. The Hall–Kier alpha value is -1.79. The molecule has 146 valence electrons. The van der Waals surface area contributed by atoms with Crippen molar-refractivity contribution in [3.05, 3.63) is 36.3 Å². The van der Waals surface area contributed by atoms with Crippen LogP contribution in [0.2, 0.25) is 0 Å². The highest BCUT2D eigenvalue weighted by molar-refractivity contribution is 5.79. The van der Waals surface area contributed by atoms with E-state index < -0.39 is 0 Å². The summed E-state index contributed by atoms with van der Waals surface area (Å²) in [6, 6.07) is 3.89. The number of furan rings is 1. The highest BCUT2D eigenvalue weighted by Gasteiger charge is 2.13. The van der Waals surface area contributed by atoms with Crippen molar-refractivity contribution in [2.24, 2.45) is 10.9 Å². The number of nitrogens with zero attached hydrogens (tertiary/aromatic N) is 1. The number of guanidine groups is 1. The summed E-state index contributed by atoms with van der Waals surface area (Å²) in [6.45, 7) is 11.5. The van der Waals surface area contributed by atoms with E-state index in [9.17, 15) is 0 Å². The molecular weight excluding hydrogens is 330 g/mol. The van der Waals surface area contributed by atoms with Crippen LogP contribution >= 0.6 is 0 Å². The quantitative estimate of drug-likeness (QED) is 0.274. The summed E-state index contributed by atoms with van der Waals surface area (Å²) in [4.78, 5) is 4.54. The molecule has 1 aliphatic rings. The van der Waals surface area contributed by atoms with Gasteiger partial charge in [-0.2, -0.15) is 0 Å². The van der Waals surface area contributed by atoms with Crippen LogP contribution in [-0.4, -0.2) is 52.0 Å². The minimum atomic E-state index is 0.621. The molecule has 6 heteroatoms. The maximum absolute atomic E-state index is 5.80. The van der Waals surface area contributed by atoms with Crippen LogP contribution in [0.3, 0.4) is 0 Å². The molecule has 1 fully saturated rings. The van der Waals surface area contributed by atoms with Gasteiger partial charge in [-0.05, 0) is 44.2 Å². The lowest BCUT2D eigenvalue weighted by Crippen LogP contribution is -2.39. The maximum atomic E-state index is 5.80. The predicted molar refractivity (Wildman–Crippen MR) is 105 cm³/mol. The first-order valence-corrected chi connectivity index (χ1v) is 9.58. The van der Waals surface area contributed by atoms with Crippen LogP contribution in [0.15, 0.2) is 40.0 Å². The number of rotatable bonds is 11. The summed E-state index contributed by atoms with van der Waals surface area (Å²) in [5.74, 6) is 2.44. The molecule has 0 spiro atoms. The fraction of sp³-hybridized carbons (Fsp3) is 0.650. The van der Waals surface area contributed by atoms with Gasteiger partial charge in [0.1, 0.15) is 5.76 Å². The van der Waals surface area contributed by atoms with Crippen LogP contribution in [0.1, 0.15) is 31.9 Å². The van der Waals surface area contributed by atoms with E-state index in [1.165, 1.54) is 0 Å². The molecule has 0 bridgehead atoms. The van der Waals surface area contributed by atoms with Gasteiger partial charge in [0.15, 0.2) is 5.96 Å². The molecule has 1 saturated heterocycles. The molecule has 0 atom stereocenters. The molecule has 0 saturated carbocycles. The van der Waals surface area contributed by atoms with Crippen molar-refractivity contribution in [3.8, 4) is 0 Å². The minimum Gasteiger partial charge on any atom is -0.469 e. The lowest BCUT2D eigenvalue weighted by atomic mass is 10.0. The number of aliphatic imine (C=N–C) groups is 1. The molecule has 6 nitrogen and oxygen atoms in total. The standard InChI is InChI=1S/C20H33N3O3/c1-17(2)15-23-20(22-10-6-19-5-3-12-26-19)21-9-4-11-25-16-18-7-13-24-14-8-18/h3,5,12,18H,1,4,6-11,13-16H2,2H3,(H2,21,22,23). The van der Waals surface area contributed by atoms with Gasteiger partial charge in [-0.1, -0.05) is 12.2 Å². The molecule has 26 heavy (non-hydrogen) atoms. The molecule has 2 rings (SSSR count). The first-order valence-electron chi connectivity index (χ1n) is 9.58. The zero-order valence-corrected chi connectivity index (χ0v) is 16.0. The van der Waals surface area contributed by atoms with E-state index in [4.69, 9.17) is 13.9 Å². The molecule has 2 N–H and O–H groups in total. The molecular formula is C20H33N3O3. The molecule has 0 unspecified atom stereocenters. The van der Waals surface area contributed by atoms with Crippen molar-refractivity contribution in [1.29, 1.82) is 0 Å². The largest absolute Gasteiger partial charge is 0.469 e. The Morgan fingerprint density at radius 3 is 2.85 bits per heavy atom. The summed E-state index contributed by atoms with van der Waals surface area (Å²) in [5, 5.41) is 6.70. The first-order chi connectivity index (χ1) is 12.7. The number of hydrogen-bond donors (Lipinski definition) is 2. The molecule has 1 aliphatic heterocycles. The summed E-state index contributed by atoms with van der Waals surface area (Å²) < 4.78 is 16.5. The average molecular weight is 364 g/mol.